The average molecular weight is 314 g/mol. The van der Waals surface area contributed by atoms with E-state index >= 15 is 0 Å². The van der Waals surface area contributed by atoms with Crippen molar-refractivity contribution in [3.63, 3.8) is 0 Å². The molecule has 2 heterocycles. The van der Waals surface area contributed by atoms with Crippen molar-refractivity contribution in [1.29, 1.82) is 0 Å². The summed E-state index contributed by atoms with van der Waals surface area (Å²) < 4.78 is 10.3. The van der Waals surface area contributed by atoms with Gasteiger partial charge in [0.05, 0.1) is 25.8 Å². The van der Waals surface area contributed by atoms with Gasteiger partial charge < -0.3 is 19.4 Å². The number of ether oxygens (including phenoxy) is 1. The Kier molecular flexibility index (Phi) is 4.32. The summed E-state index contributed by atoms with van der Waals surface area (Å²) in [7, 11) is 1.59. The van der Waals surface area contributed by atoms with Crippen molar-refractivity contribution >= 4 is 17.5 Å². The molecule has 1 N–H and O–H groups in total. The van der Waals surface area contributed by atoms with Crippen LogP contribution < -0.4 is 10.1 Å². The molecular formula is C17H18N2O4. The molecule has 1 aliphatic heterocycles. The van der Waals surface area contributed by atoms with Gasteiger partial charge in [0.2, 0.25) is 11.8 Å². The van der Waals surface area contributed by atoms with Gasteiger partial charge in [-0.1, -0.05) is 0 Å². The van der Waals surface area contributed by atoms with Crippen LogP contribution in [0.5, 0.6) is 5.75 Å². The van der Waals surface area contributed by atoms with Crippen LogP contribution in [-0.4, -0.2) is 30.4 Å². The average Bonchev–Trinajstić information content (AvgIpc) is 3.19. The minimum atomic E-state index is -0.348. The highest BCUT2D eigenvalue weighted by Crippen LogP contribution is 2.22. The molecule has 1 atom stereocenters. The van der Waals surface area contributed by atoms with Gasteiger partial charge in [0.25, 0.3) is 0 Å². The molecule has 1 saturated heterocycles. The molecule has 0 saturated carbocycles. The zero-order valence-electron chi connectivity index (χ0n) is 12.8. The van der Waals surface area contributed by atoms with Crippen molar-refractivity contribution in [3.05, 3.63) is 48.4 Å². The predicted octanol–water partition coefficient (Wildman–Crippen LogP) is 2.28. The zero-order valence-corrected chi connectivity index (χ0v) is 12.8. The van der Waals surface area contributed by atoms with Crippen LogP contribution in [0.15, 0.2) is 47.1 Å². The smallest absolute Gasteiger partial charge is 0.229 e. The topological polar surface area (TPSA) is 71.8 Å². The number of carbonyl (C=O) groups excluding carboxylic acids is 2. The highest BCUT2D eigenvalue weighted by Gasteiger charge is 2.34. The number of nitrogens with zero attached hydrogens (tertiary/aromatic N) is 1. The number of likely N-dealkylation sites (tertiary alicyclic amines) is 1. The Balaban J connectivity index is 1.58. The maximum absolute atomic E-state index is 12.3. The van der Waals surface area contributed by atoms with Crippen molar-refractivity contribution in [2.45, 2.75) is 13.0 Å². The minimum absolute atomic E-state index is 0.0312. The second-order valence-corrected chi connectivity index (χ2v) is 5.47. The molecule has 3 rings (SSSR count). The first kappa shape index (κ1) is 15.1. The van der Waals surface area contributed by atoms with E-state index in [0.29, 0.717) is 18.8 Å². The fourth-order valence-electron chi connectivity index (χ4n) is 2.61. The number of hydrogen-bond donors (Lipinski definition) is 1. The molecule has 2 amide bonds. The van der Waals surface area contributed by atoms with E-state index in [9.17, 15) is 9.59 Å². The molecule has 1 aromatic carbocycles. The zero-order chi connectivity index (χ0) is 16.2. The maximum atomic E-state index is 12.3. The molecule has 1 aromatic heterocycles. The summed E-state index contributed by atoms with van der Waals surface area (Å²) in [5.41, 5.74) is 0.688. The lowest BCUT2D eigenvalue weighted by molar-refractivity contribution is -0.128. The number of carbonyl (C=O) groups is 2. The number of amides is 2. The summed E-state index contributed by atoms with van der Waals surface area (Å²) in [5, 5.41) is 2.84. The molecule has 1 aliphatic rings. The van der Waals surface area contributed by atoms with Crippen LogP contribution in [0.3, 0.4) is 0 Å². The standard InChI is InChI=1S/C17H18N2O4/c1-22-14-6-4-13(5-7-14)18-17(21)12-9-16(20)19(10-12)11-15-3-2-8-23-15/h2-8,12H,9-11H2,1H3,(H,18,21). The van der Waals surface area contributed by atoms with Crippen molar-refractivity contribution in [3.8, 4) is 5.75 Å². The van der Waals surface area contributed by atoms with E-state index in [1.165, 1.54) is 0 Å². The number of methoxy groups -OCH3 is 1. The van der Waals surface area contributed by atoms with Gasteiger partial charge in [-0.2, -0.15) is 0 Å². The van der Waals surface area contributed by atoms with Crippen molar-refractivity contribution in [1.82, 2.24) is 4.90 Å². The maximum Gasteiger partial charge on any atom is 0.229 e. The molecule has 1 unspecified atom stereocenters. The summed E-state index contributed by atoms with van der Waals surface area (Å²) in [5.74, 6) is 0.916. The number of benzene rings is 1. The summed E-state index contributed by atoms with van der Waals surface area (Å²) in [6.07, 6.45) is 1.80. The van der Waals surface area contributed by atoms with Crippen LogP contribution >= 0.6 is 0 Å². The Labute approximate surface area is 134 Å². The van der Waals surface area contributed by atoms with Crippen LogP contribution in [0, 0.1) is 5.92 Å². The van der Waals surface area contributed by atoms with Gasteiger partial charge in [0.15, 0.2) is 0 Å². The van der Waals surface area contributed by atoms with Crippen LogP contribution in [0.25, 0.3) is 0 Å². The van der Waals surface area contributed by atoms with E-state index in [4.69, 9.17) is 9.15 Å². The number of furan rings is 1. The quantitative estimate of drug-likeness (QED) is 0.919. The van der Waals surface area contributed by atoms with E-state index < -0.39 is 0 Å². The monoisotopic (exact) mass is 314 g/mol. The Morgan fingerprint density at radius 2 is 2.13 bits per heavy atom. The van der Waals surface area contributed by atoms with Gasteiger partial charge in [0, 0.05) is 18.7 Å². The second-order valence-electron chi connectivity index (χ2n) is 5.47. The molecule has 2 aromatic rings. The molecular weight excluding hydrogens is 296 g/mol. The molecule has 23 heavy (non-hydrogen) atoms. The summed E-state index contributed by atoms with van der Waals surface area (Å²) >= 11 is 0. The number of rotatable bonds is 5. The Morgan fingerprint density at radius 1 is 1.35 bits per heavy atom. The van der Waals surface area contributed by atoms with Crippen molar-refractivity contribution < 1.29 is 18.7 Å². The highest BCUT2D eigenvalue weighted by molar-refractivity contribution is 5.97. The van der Waals surface area contributed by atoms with Gasteiger partial charge in [0.1, 0.15) is 11.5 Å². The molecule has 0 spiro atoms. The van der Waals surface area contributed by atoms with E-state index in [-0.39, 0.29) is 24.2 Å². The second kappa shape index (κ2) is 6.56. The highest BCUT2D eigenvalue weighted by atomic mass is 16.5. The molecule has 0 radical (unpaired) electrons. The Morgan fingerprint density at radius 3 is 2.78 bits per heavy atom. The van der Waals surface area contributed by atoms with Gasteiger partial charge in [-0.05, 0) is 36.4 Å². The fraction of sp³-hybridized carbons (Fsp3) is 0.294. The van der Waals surface area contributed by atoms with Gasteiger partial charge >= 0.3 is 0 Å². The molecule has 0 aliphatic carbocycles. The molecule has 0 bridgehead atoms. The summed E-state index contributed by atoms with van der Waals surface area (Å²) in [6, 6.07) is 10.7. The molecule has 6 nitrogen and oxygen atoms in total. The van der Waals surface area contributed by atoms with Crippen LogP contribution in [0.2, 0.25) is 0 Å². The Hall–Kier alpha value is -2.76. The van der Waals surface area contributed by atoms with Crippen LogP contribution in [-0.2, 0) is 16.1 Å². The summed E-state index contributed by atoms with van der Waals surface area (Å²) in [4.78, 5) is 26.0. The molecule has 120 valence electrons. The van der Waals surface area contributed by atoms with Crippen LogP contribution in [0.4, 0.5) is 5.69 Å². The largest absolute Gasteiger partial charge is 0.497 e. The van der Waals surface area contributed by atoms with E-state index in [2.05, 4.69) is 5.32 Å². The van der Waals surface area contributed by atoms with Crippen molar-refractivity contribution in [2.75, 3.05) is 19.0 Å². The lowest BCUT2D eigenvalue weighted by atomic mass is 10.1. The lowest BCUT2D eigenvalue weighted by Gasteiger charge is -2.15. The number of hydrogen-bond acceptors (Lipinski definition) is 4. The normalized spacial score (nSPS) is 17.3. The van der Waals surface area contributed by atoms with E-state index in [1.807, 2.05) is 6.07 Å². The predicted molar refractivity (Wildman–Crippen MR) is 83.9 cm³/mol. The van der Waals surface area contributed by atoms with E-state index in [0.717, 1.165) is 11.5 Å². The third-order valence-electron chi connectivity index (χ3n) is 3.87. The third-order valence-corrected chi connectivity index (χ3v) is 3.87. The lowest BCUT2D eigenvalue weighted by Crippen LogP contribution is -2.27. The summed E-state index contributed by atoms with van der Waals surface area (Å²) in [6.45, 7) is 0.805. The van der Waals surface area contributed by atoms with Crippen molar-refractivity contribution in [2.24, 2.45) is 5.92 Å². The molecule has 6 heteroatoms. The SMILES string of the molecule is COc1ccc(NC(=O)C2CC(=O)N(Cc3ccco3)C2)cc1. The minimum Gasteiger partial charge on any atom is -0.497 e. The third kappa shape index (κ3) is 3.53. The van der Waals surface area contributed by atoms with Gasteiger partial charge in [-0.3, -0.25) is 9.59 Å². The van der Waals surface area contributed by atoms with Gasteiger partial charge in [-0.15, -0.1) is 0 Å². The van der Waals surface area contributed by atoms with Gasteiger partial charge in [-0.25, -0.2) is 0 Å². The number of nitrogens with one attached hydrogen (secondary N) is 1. The fourth-order valence-corrected chi connectivity index (χ4v) is 2.61. The first-order chi connectivity index (χ1) is 11.2. The van der Waals surface area contributed by atoms with E-state index in [1.54, 1.807) is 48.6 Å². The number of anilines is 1. The Bertz CT molecular complexity index is 679. The first-order valence-electron chi connectivity index (χ1n) is 7.41. The first-order valence-corrected chi connectivity index (χ1v) is 7.41. The van der Waals surface area contributed by atoms with Crippen LogP contribution in [0.1, 0.15) is 12.2 Å². The molecule has 1 fully saturated rings.